The molecule has 1 rings (SSSR count). The van der Waals surface area contributed by atoms with Gasteiger partial charge >= 0.3 is 5.97 Å². The molecule has 5 nitrogen and oxygen atoms in total. The second-order valence-corrected chi connectivity index (χ2v) is 4.16. The van der Waals surface area contributed by atoms with Gasteiger partial charge in [-0.2, -0.15) is 0 Å². The molecule has 0 aliphatic heterocycles. The van der Waals surface area contributed by atoms with Crippen LogP contribution in [0.15, 0.2) is 18.2 Å². The summed E-state index contributed by atoms with van der Waals surface area (Å²) in [5, 5.41) is 8.89. The summed E-state index contributed by atoms with van der Waals surface area (Å²) in [6.45, 7) is 5.49. The number of ether oxygens (including phenoxy) is 1. The molecule has 1 aromatic rings. The summed E-state index contributed by atoms with van der Waals surface area (Å²) < 4.78 is 5.23. The Hall–Kier alpha value is -1.75. The third-order valence-corrected chi connectivity index (χ3v) is 2.88. The van der Waals surface area contributed by atoms with Crippen LogP contribution in [0.5, 0.6) is 0 Å². The normalized spacial score (nSPS) is 12.2. The van der Waals surface area contributed by atoms with Crippen molar-refractivity contribution in [1.29, 1.82) is 0 Å². The molecule has 0 spiro atoms. The lowest BCUT2D eigenvalue weighted by Gasteiger charge is -2.27. The van der Waals surface area contributed by atoms with Gasteiger partial charge in [-0.15, -0.1) is 0 Å². The SMILES string of the molecule is CCN(CC(C)OC)c1ccc(C(=O)O)cc1N. The molecule has 5 heteroatoms. The molecule has 18 heavy (non-hydrogen) atoms. The van der Waals surface area contributed by atoms with E-state index in [0.29, 0.717) is 12.2 Å². The molecule has 0 aliphatic carbocycles. The van der Waals surface area contributed by atoms with Gasteiger partial charge in [-0.25, -0.2) is 4.79 Å². The number of hydrogen-bond acceptors (Lipinski definition) is 4. The molecular weight excluding hydrogens is 232 g/mol. The van der Waals surface area contributed by atoms with E-state index in [4.69, 9.17) is 15.6 Å². The largest absolute Gasteiger partial charge is 0.478 e. The first-order valence-electron chi connectivity index (χ1n) is 5.90. The summed E-state index contributed by atoms with van der Waals surface area (Å²) in [6.07, 6.45) is 0.0866. The molecule has 0 aromatic heterocycles. The second kappa shape index (κ2) is 6.26. The number of carboxylic acid groups (broad SMARTS) is 1. The van der Waals surface area contributed by atoms with Crippen LogP contribution in [0.25, 0.3) is 0 Å². The van der Waals surface area contributed by atoms with Crippen molar-refractivity contribution in [2.45, 2.75) is 20.0 Å². The predicted octanol–water partition coefficient (Wildman–Crippen LogP) is 1.83. The molecule has 0 aliphatic rings. The molecule has 1 aromatic carbocycles. The van der Waals surface area contributed by atoms with Crippen LogP contribution in [-0.2, 0) is 4.74 Å². The van der Waals surface area contributed by atoms with Gasteiger partial charge < -0.3 is 20.5 Å². The molecule has 0 bridgehead atoms. The molecular formula is C13H20N2O3. The Kier molecular flexibility index (Phi) is 4.97. The van der Waals surface area contributed by atoms with Crippen LogP contribution in [0, 0.1) is 0 Å². The number of carbonyl (C=O) groups is 1. The minimum atomic E-state index is -0.971. The van der Waals surface area contributed by atoms with E-state index in [0.717, 1.165) is 12.2 Å². The highest BCUT2D eigenvalue weighted by atomic mass is 16.5. The van der Waals surface area contributed by atoms with Gasteiger partial charge in [0.05, 0.1) is 23.0 Å². The molecule has 100 valence electrons. The Bertz CT molecular complexity index is 421. The van der Waals surface area contributed by atoms with Crippen LogP contribution < -0.4 is 10.6 Å². The zero-order valence-electron chi connectivity index (χ0n) is 11.0. The fraction of sp³-hybridized carbons (Fsp3) is 0.462. The summed E-state index contributed by atoms with van der Waals surface area (Å²) in [4.78, 5) is 12.9. The van der Waals surface area contributed by atoms with Gasteiger partial charge in [0.2, 0.25) is 0 Å². The summed E-state index contributed by atoms with van der Waals surface area (Å²) in [5.41, 5.74) is 7.42. The third kappa shape index (κ3) is 3.37. The van der Waals surface area contributed by atoms with Gasteiger partial charge in [0.25, 0.3) is 0 Å². The number of hydrogen-bond donors (Lipinski definition) is 2. The van der Waals surface area contributed by atoms with E-state index in [2.05, 4.69) is 4.90 Å². The lowest BCUT2D eigenvalue weighted by molar-refractivity contribution is 0.0697. The Morgan fingerprint density at radius 3 is 2.67 bits per heavy atom. The van der Waals surface area contributed by atoms with E-state index in [-0.39, 0.29) is 11.7 Å². The van der Waals surface area contributed by atoms with Crippen molar-refractivity contribution in [2.75, 3.05) is 30.8 Å². The van der Waals surface area contributed by atoms with Crippen LogP contribution in [0.2, 0.25) is 0 Å². The summed E-state index contributed by atoms with van der Waals surface area (Å²) in [6, 6.07) is 4.79. The Labute approximate surface area is 107 Å². The number of benzene rings is 1. The van der Waals surface area contributed by atoms with Gasteiger partial charge in [0.15, 0.2) is 0 Å². The Morgan fingerprint density at radius 1 is 1.56 bits per heavy atom. The van der Waals surface area contributed by atoms with Crippen molar-refractivity contribution in [3.05, 3.63) is 23.8 Å². The van der Waals surface area contributed by atoms with E-state index >= 15 is 0 Å². The number of nitrogens with two attached hydrogens (primary N) is 1. The lowest BCUT2D eigenvalue weighted by Crippen LogP contribution is -2.32. The Balaban J connectivity index is 2.96. The van der Waals surface area contributed by atoms with Crippen LogP contribution >= 0.6 is 0 Å². The minimum absolute atomic E-state index is 0.0866. The predicted molar refractivity (Wildman–Crippen MR) is 72.2 cm³/mol. The van der Waals surface area contributed by atoms with Crippen molar-refractivity contribution in [3.63, 3.8) is 0 Å². The number of methoxy groups -OCH3 is 1. The quantitative estimate of drug-likeness (QED) is 0.755. The fourth-order valence-corrected chi connectivity index (χ4v) is 1.76. The number of anilines is 2. The van der Waals surface area contributed by atoms with E-state index in [9.17, 15) is 4.79 Å². The fourth-order valence-electron chi connectivity index (χ4n) is 1.76. The number of rotatable bonds is 6. The minimum Gasteiger partial charge on any atom is -0.478 e. The maximum atomic E-state index is 10.8. The number of aromatic carboxylic acids is 1. The van der Waals surface area contributed by atoms with E-state index in [1.54, 1.807) is 19.2 Å². The molecule has 3 N–H and O–H groups in total. The van der Waals surface area contributed by atoms with Gasteiger partial charge in [0, 0.05) is 20.2 Å². The van der Waals surface area contributed by atoms with Crippen molar-refractivity contribution >= 4 is 17.3 Å². The van der Waals surface area contributed by atoms with Crippen molar-refractivity contribution in [3.8, 4) is 0 Å². The number of likely N-dealkylation sites (N-methyl/N-ethyl adjacent to an activating group) is 1. The van der Waals surface area contributed by atoms with Gasteiger partial charge in [-0.3, -0.25) is 0 Å². The smallest absolute Gasteiger partial charge is 0.335 e. The van der Waals surface area contributed by atoms with E-state index in [1.807, 2.05) is 13.8 Å². The number of carboxylic acids is 1. The summed E-state index contributed by atoms with van der Waals surface area (Å²) >= 11 is 0. The highest BCUT2D eigenvalue weighted by Crippen LogP contribution is 2.24. The third-order valence-electron chi connectivity index (χ3n) is 2.88. The molecule has 1 atom stereocenters. The van der Waals surface area contributed by atoms with E-state index < -0.39 is 5.97 Å². The summed E-state index contributed by atoms with van der Waals surface area (Å²) in [5.74, 6) is -0.971. The monoisotopic (exact) mass is 252 g/mol. The van der Waals surface area contributed by atoms with Crippen LogP contribution in [0.3, 0.4) is 0 Å². The highest BCUT2D eigenvalue weighted by Gasteiger charge is 2.13. The molecule has 1 unspecified atom stereocenters. The first-order chi connectivity index (χ1) is 8.49. The van der Waals surface area contributed by atoms with Crippen molar-refractivity contribution in [2.24, 2.45) is 0 Å². The molecule has 0 saturated heterocycles. The van der Waals surface area contributed by atoms with Crippen LogP contribution in [0.1, 0.15) is 24.2 Å². The summed E-state index contributed by atoms with van der Waals surface area (Å²) in [7, 11) is 1.66. The molecule has 0 fully saturated rings. The van der Waals surface area contributed by atoms with Gasteiger partial charge in [-0.05, 0) is 32.0 Å². The number of nitrogen functional groups attached to an aromatic ring is 1. The van der Waals surface area contributed by atoms with E-state index in [1.165, 1.54) is 6.07 Å². The highest BCUT2D eigenvalue weighted by molar-refractivity contribution is 5.90. The van der Waals surface area contributed by atoms with Gasteiger partial charge in [0.1, 0.15) is 0 Å². The average molecular weight is 252 g/mol. The standard InChI is InChI=1S/C13H20N2O3/c1-4-15(8-9(2)18-3)12-6-5-10(13(16)17)7-11(12)14/h5-7,9H,4,8,14H2,1-3H3,(H,16,17). The van der Waals surface area contributed by atoms with Crippen molar-refractivity contribution < 1.29 is 14.6 Å². The first kappa shape index (κ1) is 14.3. The average Bonchev–Trinajstić information content (AvgIpc) is 2.35. The topological polar surface area (TPSA) is 75.8 Å². The van der Waals surface area contributed by atoms with Gasteiger partial charge in [-0.1, -0.05) is 0 Å². The van der Waals surface area contributed by atoms with Crippen LogP contribution in [0.4, 0.5) is 11.4 Å². The molecule has 0 saturated carbocycles. The zero-order valence-corrected chi connectivity index (χ0v) is 11.0. The molecule has 0 heterocycles. The maximum absolute atomic E-state index is 10.8. The van der Waals surface area contributed by atoms with Crippen molar-refractivity contribution in [1.82, 2.24) is 0 Å². The van der Waals surface area contributed by atoms with Crippen LogP contribution in [-0.4, -0.2) is 37.4 Å². The lowest BCUT2D eigenvalue weighted by atomic mass is 10.1. The Morgan fingerprint density at radius 2 is 2.22 bits per heavy atom. The first-order valence-corrected chi connectivity index (χ1v) is 5.90. The second-order valence-electron chi connectivity index (χ2n) is 4.16. The molecule has 0 amide bonds. The molecule has 0 radical (unpaired) electrons. The zero-order chi connectivity index (χ0) is 13.7. The number of nitrogens with zero attached hydrogens (tertiary/aromatic N) is 1. The maximum Gasteiger partial charge on any atom is 0.335 e.